The van der Waals surface area contributed by atoms with E-state index in [4.69, 9.17) is 0 Å². The Balaban J connectivity index is 2.55. The van der Waals surface area contributed by atoms with Gasteiger partial charge < -0.3 is 9.80 Å². The normalized spacial score (nSPS) is 17.1. The van der Waals surface area contributed by atoms with E-state index in [1.54, 1.807) is 4.90 Å². The molecule has 0 saturated heterocycles. The van der Waals surface area contributed by atoms with Gasteiger partial charge >= 0.3 is 6.03 Å². The van der Waals surface area contributed by atoms with Crippen molar-refractivity contribution in [3.8, 4) is 0 Å². The molecule has 4 heteroatoms. The molecule has 1 rings (SSSR count). The van der Waals surface area contributed by atoms with Crippen LogP contribution < -0.4 is 0 Å². The topological polar surface area (TPSA) is 26.8 Å². The maximum absolute atomic E-state index is 12.0. The van der Waals surface area contributed by atoms with Crippen molar-refractivity contribution >= 4 is 6.03 Å². The number of amides is 2. The fourth-order valence-electron chi connectivity index (χ4n) is 1.50. The van der Waals surface area contributed by atoms with Crippen LogP contribution in [0.5, 0.6) is 0 Å². The van der Waals surface area contributed by atoms with Crippen LogP contribution in [0, 0.1) is 0 Å². The highest BCUT2D eigenvalue weighted by Crippen LogP contribution is 2.10. The van der Waals surface area contributed by atoms with E-state index < -0.39 is 0 Å². The Hall–Kier alpha value is -1.03. The molecule has 0 atom stereocenters. The number of likely N-dealkylation sites (N-methyl/N-ethyl adjacent to an activating group) is 1. The molecule has 15 heavy (non-hydrogen) atoms. The van der Waals surface area contributed by atoms with Gasteiger partial charge in [-0.25, -0.2) is 4.79 Å². The average molecular weight is 211 g/mol. The van der Waals surface area contributed by atoms with E-state index in [2.05, 4.69) is 4.90 Å². The molecule has 86 valence electrons. The number of rotatable bonds is 4. The van der Waals surface area contributed by atoms with Crippen LogP contribution in [0.3, 0.4) is 0 Å². The third kappa shape index (κ3) is 3.23. The molecule has 0 fully saturated rings. The summed E-state index contributed by atoms with van der Waals surface area (Å²) in [5.41, 5.74) is 0. The molecule has 1 heterocycles. The van der Waals surface area contributed by atoms with Crippen LogP contribution in [0.25, 0.3) is 0 Å². The first-order valence-electron chi connectivity index (χ1n) is 5.41. The minimum absolute atomic E-state index is 0.120. The first-order chi connectivity index (χ1) is 7.02. The number of hydrogen-bond donors (Lipinski definition) is 0. The lowest BCUT2D eigenvalue weighted by atomic mass is 10.3. The zero-order valence-corrected chi connectivity index (χ0v) is 10.1. The highest BCUT2D eigenvalue weighted by atomic mass is 16.2. The van der Waals surface area contributed by atoms with Gasteiger partial charge in [0.25, 0.3) is 0 Å². The highest BCUT2D eigenvalue weighted by Gasteiger charge is 2.23. The van der Waals surface area contributed by atoms with Crippen molar-refractivity contribution in [2.45, 2.75) is 19.9 Å². The van der Waals surface area contributed by atoms with Crippen LogP contribution >= 0.6 is 0 Å². The SMILES string of the molecule is CC(C)N1CC=CN(CCN(C)C)C1=O. The summed E-state index contributed by atoms with van der Waals surface area (Å²) in [5.74, 6) is 0. The maximum Gasteiger partial charge on any atom is 0.324 e. The molecule has 0 saturated carbocycles. The molecule has 0 radical (unpaired) electrons. The summed E-state index contributed by atoms with van der Waals surface area (Å²) in [4.78, 5) is 17.7. The van der Waals surface area contributed by atoms with Crippen molar-refractivity contribution in [1.82, 2.24) is 14.7 Å². The fraction of sp³-hybridized carbons (Fsp3) is 0.727. The Morgan fingerprint density at radius 1 is 1.47 bits per heavy atom. The summed E-state index contributed by atoms with van der Waals surface area (Å²) < 4.78 is 0. The lowest BCUT2D eigenvalue weighted by Gasteiger charge is -2.34. The van der Waals surface area contributed by atoms with Crippen LogP contribution in [0.1, 0.15) is 13.8 Å². The van der Waals surface area contributed by atoms with Crippen molar-refractivity contribution in [3.05, 3.63) is 12.3 Å². The molecule has 0 aromatic heterocycles. The Morgan fingerprint density at radius 2 is 2.13 bits per heavy atom. The standard InChI is InChI=1S/C11H21N3O/c1-10(2)14-7-5-6-13(11(14)15)9-8-12(3)4/h5-6,10H,7-9H2,1-4H3. The number of nitrogens with zero attached hydrogens (tertiary/aromatic N) is 3. The molecule has 0 aromatic rings. The quantitative estimate of drug-likeness (QED) is 0.699. The average Bonchev–Trinajstić information content (AvgIpc) is 2.15. The van der Waals surface area contributed by atoms with E-state index in [1.807, 2.05) is 45.1 Å². The van der Waals surface area contributed by atoms with E-state index in [-0.39, 0.29) is 12.1 Å². The Morgan fingerprint density at radius 3 is 2.67 bits per heavy atom. The summed E-state index contributed by atoms with van der Waals surface area (Å²) in [6.07, 6.45) is 3.93. The van der Waals surface area contributed by atoms with Crippen LogP contribution in [-0.4, -0.2) is 60.5 Å². The van der Waals surface area contributed by atoms with E-state index >= 15 is 0 Å². The first-order valence-corrected chi connectivity index (χ1v) is 5.41. The fourth-order valence-corrected chi connectivity index (χ4v) is 1.50. The second-order valence-corrected chi connectivity index (χ2v) is 4.41. The smallest absolute Gasteiger partial charge is 0.318 e. The summed E-state index contributed by atoms with van der Waals surface area (Å²) >= 11 is 0. The molecule has 0 bridgehead atoms. The molecular weight excluding hydrogens is 190 g/mol. The predicted molar refractivity (Wildman–Crippen MR) is 61.6 cm³/mol. The van der Waals surface area contributed by atoms with Crippen LogP contribution in [0.15, 0.2) is 12.3 Å². The molecule has 0 spiro atoms. The van der Waals surface area contributed by atoms with Gasteiger partial charge in [-0.15, -0.1) is 0 Å². The maximum atomic E-state index is 12.0. The van der Waals surface area contributed by atoms with Gasteiger partial charge in [0.2, 0.25) is 0 Å². The molecule has 0 aromatic carbocycles. The Labute approximate surface area is 92.1 Å². The lowest BCUT2D eigenvalue weighted by molar-refractivity contribution is 0.152. The van der Waals surface area contributed by atoms with Crippen molar-refractivity contribution < 1.29 is 4.79 Å². The largest absolute Gasteiger partial charge is 0.324 e. The number of hydrogen-bond acceptors (Lipinski definition) is 2. The molecule has 0 aliphatic carbocycles. The van der Waals surface area contributed by atoms with Crippen molar-refractivity contribution in [2.24, 2.45) is 0 Å². The van der Waals surface area contributed by atoms with Gasteiger partial charge in [-0.1, -0.05) is 0 Å². The monoisotopic (exact) mass is 211 g/mol. The molecule has 4 nitrogen and oxygen atoms in total. The van der Waals surface area contributed by atoms with E-state index in [1.165, 1.54) is 0 Å². The number of carbonyl (C=O) groups is 1. The minimum atomic E-state index is 0.120. The highest BCUT2D eigenvalue weighted by molar-refractivity contribution is 5.77. The predicted octanol–water partition coefficient (Wildman–Crippen LogP) is 1.21. The number of urea groups is 1. The molecule has 0 unspecified atom stereocenters. The Bertz CT molecular complexity index is 248. The molecular formula is C11H21N3O. The van der Waals surface area contributed by atoms with Gasteiger partial charge in [0.1, 0.15) is 0 Å². The molecule has 1 aliphatic heterocycles. The molecule has 0 N–H and O–H groups in total. The van der Waals surface area contributed by atoms with Gasteiger partial charge in [0.05, 0.1) is 0 Å². The summed E-state index contributed by atoms with van der Waals surface area (Å²) in [5, 5.41) is 0. The van der Waals surface area contributed by atoms with Gasteiger partial charge in [0, 0.05) is 31.9 Å². The van der Waals surface area contributed by atoms with Crippen LogP contribution in [-0.2, 0) is 0 Å². The first kappa shape index (κ1) is 12.0. The molecule has 2 amide bonds. The third-order valence-corrected chi connectivity index (χ3v) is 2.49. The minimum Gasteiger partial charge on any atom is -0.318 e. The molecule has 1 aliphatic rings. The van der Waals surface area contributed by atoms with E-state index in [9.17, 15) is 4.79 Å². The van der Waals surface area contributed by atoms with E-state index in [0.29, 0.717) is 0 Å². The second-order valence-electron chi connectivity index (χ2n) is 4.41. The van der Waals surface area contributed by atoms with Gasteiger partial charge in [0.15, 0.2) is 0 Å². The van der Waals surface area contributed by atoms with Crippen LogP contribution in [0.4, 0.5) is 4.79 Å². The Kier molecular flexibility index (Phi) is 4.15. The van der Waals surface area contributed by atoms with Crippen LogP contribution in [0.2, 0.25) is 0 Å². The van der Waals surface area contributed by atoms with Gasteiger partial charge in [-0.3, -0.25) is 4.90 Å². The summed E-state index contributed by atoms with van der Waals surface area (Å²) in [7, 11) is 4.02. The van der Waals surface area contributed by atoms with Gasteiger partial charge in [-0.2, -0.15) is 0 Å². The van der Waals surface area contributed by atoms with Gasteiger partial charge in [-0.05, 0) is 34.0 Å². The zero-order valence-electron chi connectivity index (χ0n) is 10.1. The third-order valence-electron chi connectivity index (χ3n) is 2.49. The van der Waals surface area contributed by atoms with Crippen molar-refractivity contribution in [3.63, 3.8) is 0 Å². The number of carbonyl (C=O) groups excluding carboxylic acids is 1. The lowest BCUT2D eigenvalue weighted by Crippen LogP contribution is -2.48. The zero-order chi connectivity index (χ0) is 11.4. The van der Waals surface area contributed by atoms with E-state index in [0.717, 1.165) is 19.6 Å². The summed E-state index contributed by atoms with van der Waals surface area (Å²) in [6, 6.07) is 0.388. The summed E-state index contributed by atoms with van der Waals surface area (Å²) in [6.45, 7) is 6.46. The second kappa shape index (κ2) is 5.16. The van der Waals surface area contributed by atoms with Crippen molar-refractivity contribution in [1.29, 1.82) is 0 Å². The van der Waals surface area contributed by atoms with Crippen molar-refractivity contribution in [2.75, 3.05) is 33.7 Å².